The van der Waals surface area contributed by atoms with Crippen LogP contribution in [0.25, 0.3) is 0 Å². The van der Waals surface area contributed by atoms with Crippen LogP contribution < -0.4 is 18.9 Å². The van der Waals surface area contributed by atoms with E-state index in [-0.39, 0.29) is 12.7 Å². The Bertz CT molecular complexity index is 763. The molecule has 3 rings (SSSR count). The molecular weight excluding hydrogens is 346 g/mol. The molecule has 0 fully saturated rings. The summed E-state index contributed by atoms with van der Waals surface area (Å²) < 4.78 is 21.3. The van der Waals surface area contributed by atoms with Crippen molar-refractivity contribution in [2.75, 3.05) is 34.1 Å². The van der Waals surface area contributed by atoms with Gasteiger partial charge in [0.25, 0.3) is 5.91 Å². The zero-order chi connectivity index (χ0) is 17.8. The first-order chi connectivity index (χ1) is 12.1. The van der Waals surface area contributed by atoms with Gasteiger partial charge in [0, 0.05) is 12.6 Å². The summed E-state index contributed by atoms with van der Waals surface area (Å²) in [4.78, 5) is 14.1. The van der Waals surface area contributed by atoms with Crippen molar-refractivity contribution in [1.29, 1.82) is 0 Å². The van der Waals surface area contributed by atoms with Crippen LogP contribution in [0.2, 0.25) is 5.02 Å². The Morgan fingerprint density at radius 3 is 2.64 bits per heavy atom. The molecule has 1 amide bonds. The molecule has 0 radical (unpaired) electrons. The second-order valence-electron chi connectivity index (χ2n) is 5.44. The van der Waals surface area contributed by atoms with Crippen molar-refractivity contribution < 1.29 is 23.7 Å². The summed E-state index contributed by atoms with van der Waals surface area (Å²) in [7, 11) is 3.32. The van der Waals surface area contributed by atoms with Crippen molar-refractivity contribution in [2.45, 2.75) is 0 Å². The Kier molecular flexibility index (Phi) is 5.19. The Morgan fingerprint density at radius 1 is 1.20 bits per heavy atom. The average molecular weight is 364 g/mol. The first-order valence-electron chi connectivity index (χ1n) is 7.70. The van der Waals surface area contributed by atoms with Gasteiger partial charge in [-0.15, -0.1) is 0 Å². The summed E-state index contributed by atoms with van der Waals surface area (Å²) in [5, 5.41) is 0.362. The number of methoxy groups -OCH3 is 1. The van der Waals surface area contributed by atoms with E-state index in [2.05, 4.69) is 0 Å². The van der Waals surface area contributed by atoms with E-state index in [9.17, 15) is 4.79 Å². The van der Waals surface area contributed by atoms with E-state index in [0.717, 1.165) is 5.75 Å². The van der Waals surface area contributed by atoms with Crippen molar-refractivity contribution in [1.82, 2.24) is 4.90 Å². The van der Waals surface area contributed by atoms with Crippen molar-refractivity contribution in [3.63, 3.8) is 0 Å². The van der Waals surface area contributed by atoms with Gasteiger partial charge in [0.05, 0.1) is 18.7 Å². The third-order valence-corrected chi connectivity index (χ3v) is 4.06. The van der Waals surface area contributed by atoms with Crippen LogP contribution in [0.1, 0.15) is 10.4 Å². The van der Waals surface area contributed by atoms with E-state index in [4.69, 9.17) is 30.5 Å². The molecule has 0 bridgehead atoms. The molecule has 0 atom stereocenters. The molecule has 132 valence electrons. The summed E-state index contributed by atoms with van der Waals surface area (Å²) in [6, 6.07) is 10.5. The van der Waals surface area contributed by atoms with Gasteiger partial charge in [-0.1, -0.05) is 11.6 Å². The minimum atomic E-state index is -0.168. The van der Waals surface area contributed by atoms with Gasteiger partial charge >= 0.3 is 0 Å². The molecule has 1 aliphatic heterocycles. The molecule has 0 saturated carbocycles. The minimum absolute atomic E-state index is 0.109. The Morgan fingerprint density at radius 2 is 1.92 bits per heavy atom. The summed E-state index contributed by atoms with van der Waals surface area (Å²) in [5.74, 6) is 2.27. The highest BCUT2D eigenvalue weighted by molar-refractivity contribution is 6.32. The molecule has 2 aromatic carbocycles. The van der Waals surface area contributed by atoms with Gasteiger partial charge in [0.15, 0.2) is 11.5 Å². The second kappa shape index (κ2) is 7.53. The van der Waals surface area contributed by atoms with E-state index in [1.807, 2.05) is 24.3 Å². The Hall–Kier alpha value is -2.60. The monoisotopic (exact) mass is 363 g/mol. The minimum Gasteiger partial charge on any atom is -0.497 e. The molecule has 25 heavy (non-hydrogen) atoms. The first-order valence-corrected chi connectivity index (χ1v) is 8.07. The van der Waals surface area contributed by atoms with Crippen LogP contribution in [-0.2, 0) is 0 Å². The fourth-order valence-electron chi connectivity index (χ4n) is 2.39. The number of carbonyl (C=O) groups is 1. The largest absolute Gasteiger partial charge is 0.497 e. The van der Waals surface area contributed by atoms with Crippen molar-refractivity contribution in [3.05, 3.63) is 47.0 Å². The van der Waals surface area contributed by atoms with Crippen molar-refractivity contribution in [2.24, 2.45) is 0 Å². The van der Waals surface area contributed by atoms with Crippen LogP contribution in [0.15, 0.2) is 36.4 Å². The number of hydrogen-bond donors (Lipinski definition) is 0. The van der Waals surface area contributed by atoms with Crippen molar-refractivity contribution in [3.8, 4) is 23.0 Å². The predicted octanol–water partition coefficient (Wildman–Crippen LogP) is 3.23. The molecule has 0 aliphatic carbocycles. The summed E-state index contributed by atoms with van der Waals surface area (Å²) in [6.07, 6.45) is 0. The van der Waals surface area contributed by atoms with Crippen LogP contribution in [0.4, 0.5) is 0 Å². The van der Waals surface area contributed by atoms with Crippen LogP contribution in [0.5, 0.6) is 23.0 Å². The molecule has 0 aromatic heterocycles. The molecule has 0 saturated heterocycles. The lowest BCUT2D eigenvalue weighted by Crippen LogP contribution is -2.30. The number of amides is 1. The van der Waals surface area contributed by atoms with E-state index < -0.39 is 0 Å². The molecule has 7 heteroatoms. The van der Waals surface area contributed by atoms with E-state index >= 15 is 0 Å². The molecule has 1 aliphatic rings. The molecule has 6 nitrogen and oxygen atoms in total. The maximum Gasteiger partial charge on any atom is 0.253 e. The number of hydrogen-bond acceptors (Lipinski definition) is 5. The van der Waals surface area contributed by atoms with Gasteiger partial charge in [-0.25, -0.2) is 0 Å². The fourth-order valence-corrected chi connectivity index (χ4v) is 2.65. The standard InChI is InChI=1S/C18H18ClNO5/c1-20(7-8-23-14-5-3-13(22-2)4-6-14)18(21)12-9-15(19)17-16(10-12)24-11-25-17/h3-6,9-10H,7-8,11H2,1-2H3. The van der Waals surface area contributed by atoms with Gasteiger partial charge in [-0.3, -0.25) is 4.79 Å². The third-order valence-electron chi connectivity index (χ3n) is 3.78. The van der Waals surface area contributed by atoms with Gasteiger partial charge in [0.1, 0.15) is 18.1 Å². The van der Waals surface area contributed by atoms with Gasteiger partial charge in [0.2, 0.25) is 6.79 Å². The third kappa shape index (κ3) is 3.91. The van der Waals surface area contributed by atoms with E-state index in [0.29, 0.717) is 41.0 Å². The van der Waals surface area contributed by atoms with Crippen LogP contribution in [0, 0.1) is 0 Å². The lowest BCUT2D eigenvalue weighted by Gasteiger charge is -2.18. The lowest BCUT2D eigenvalue weighted by molar-refractivity contribution is 0.0773. The van der Waals surface area contributed by atoms with Crippen LogP contribution in [0.3, 0.4) is 0 Å². The zero-order valence-corrected chi connectivity index (χ0v) is 14.7. The topological polar surface area (TPSA) is 57.2 Å². The molecule has 0 unspecified atom stereocenters. The number of rotatable bonds is 6. The maximum atomic E-state index is 12.5. The average Bonchev–Trinajstić information content (AvgIpc) is 3.10. The highest BCUT2D eigenvalue weighted by Gasteiger charge is 2.22. The number of carbonyl (C=O) groups excluding carboxylic acids is 1. The number of nitrogens with zero attached hydrogens (tertiary/aromatic N) is 1. The lowest BCUT2D eigenvalue weighted by atomic mass is 10.2. The molecule has 0 N–H and O–H groups in total. The highest BCUT2D eigenvalue weighted by Crippen LogP contribution is 2.39. The van der Waals surface area contributed by atoms with E-state index in [1.54, 1.807) is 31.2 Å². The number of likely N-dealkylation sites (N-methyl/N-ethyl adjacent to an activating group) is 1. The van der Waals surface area contributed by atoms with E-state index in [1.165, 1.54) is 0 Å². The van der Waals surface area contributed by atoms with Crippen LogP contribution in [-0.4, -0.2) is 44.9 Å². The molecular formula is C18H18ClNO5. The molecule has 0 spiro atoms. The fraction of sp³-hybridized carbons (Fsp3) is 0.278. The molecule has 1 heterocycles. The SMILES string of the molecule is COc1ccc(OCCN(C)C(=O)c2cc(Cl)c3c(c2)OCO3)cc1. The highest BCUT2D eigenvalue weighted by atomic mass is 35.5. The Balaban J connectivity index is 1.56. The smallest absolute Gasteiger partial charge is 0.253 e. The predicted molar refractivity (Wildman–Crippen MR) is 93.0 cm³/mol. The number of fused-ring (bicyclic) bond motifs is 1. The second-order valence-corrected chi connectivity index (χ2v) is 5.85. The first kappa shape index (κ1) is 17.2. The maximum absolute atomic E-state index is 12.5. The molecule has 2 aromatic rings. The van der Waals surface area contributed by atoms with Gasteiger partial charge < -0.3 is 23.8 Å². The number of benzene rings is 2. The number of halogens is 1. The summed E-state index contributed by atoms with van der Waals surface area (Å²) in [6.45, 7) is 0.905. The van der Waals surface area contributed by atoms with Gasteiger partial charge in [-0.05, 0) is 36.4 Å². The normalized spacial score (nSPS) is 12.0. The summed E-state index contributed by atoms with van der Waals surface area (Å²) >= 11 is 6.12. The number of ether oxygens (including phenoxy) is 4. The zero-order valence-electron chi connectivity index (χ0n) is 14.0. The van der Waals surface area contributed by atoms with Crippen LogP contribution >= 0.6 is 11.6 Å². The quantitative estimate of drug-likeness (QED) is 0.788. The summed E-state index contributed by atoms with van der Waals surface area (Å²) in [5.41, 5.74) is 0.446. The Labute approximate surface area is 150 Å². The van der Waals surface area contributed by atoms with Gasteiger partial charge in [-0.2, -0.15) is 0 Å². The van der Waals surface area contributed by atoms with Crippen molar-refractivity contribution >= 4 is 17.5 Å².